The van der Waals surface area contributed by atoms with Crippen LogP contribution in [0.15, 0.2) is 18.2 Å². The SMILES string of the molecule is Cc1nc2ccc(C(=O)NCCCC3CCS(=O)(=O)C3)cc2nc1C. The highest BCUT2D eigenvalue weighted by Gasteiger charge is 2.27. The first-order chi connectivity index (χ1) is 11.8. The summed E-state index contributed by atoms with van der Waals surface area (Å²) in [6, 6.07) is 5.32. The van der Waals surface area contributed by atoms with Gasteiger partial charge in [-0.3, -0.25) is 4.79 Å². The van der Waals surface area contributed by atoms with Gasteiger partial charge in [0.15, 0.2) is 9.84 Å². The van der Waals surface area contributed by atoms with Crippen LogP contribution in [0.5, 0.6) is 0 Å². The molecule has 0 spiro atoms. The molecule has 1 aromatic carbocycles. The Kier molecular flexibility index (Phi) is 5.03. The Morgan fingerprint density at radius 1 is 1.20 bits per heavy atom. The summed E-state index contributed by atoms with van der Waals surface area (Å²) in [6.07, 6.45) is 2.37. The summed E-state index contributed by atoms with van der Waals surface area (Å²) >= 11 is 0. The van der Waals surface area contributed by atoms with Crippen LogP contribution >= 0.6 is 0 Å². The smallest absolute Gasteiger partial charge is 0.251 e. The maximum absolute atomic E-state index is 12.3. The number of aryl methyl sites for hydroxylation is 2. The van der Waals surface area contributed by atoms with Crippen LogP contribution in [0.4, 0.5) is 0 Å². The normalized spacial score (nSPS) is 19.2. The van der Waals surface area contributed by atoms with Crippen LogP contribution in [0.2, 0.25) is 0 Å². The summed E-state index contributed by atoms with van der Waals surface area (Å²) in [5, 5.41) is 2.90. The number of amides is 1. The fourth-order valence-electron chi connectivity index (χ4n) is 3.17. The minimum absolute atomic E-state index is 0.138. The quantitative estimate of drug-likeness (QED) is 0.825. The highest BCUT2D eigenvalue weighted by Crippen LogP contribution is 2.22. The van der Waals surface area contributed by atoms with Crippen molar-refractivity contribution in [3.05, 3.63) is 35.2 Å². The average molecular weight is 361 g/mol. The number of nitrogens with zero attached hydrogens (tertiary/aromatic N) is 2. The molecule has 1 saturated heterocycles. The summed E-state index contributed by atoms with van der Waals surface area (Å²) in [6.45, 7) is 4.36. The molecule has 1 aromatic heterocycles. The van der Waals surface area contributed by atoms with Crippen LogP contribution < -0.4 is 5.32 Å². The summed E-state index contributed by atoms with van der Waals surface area (Å²) in [5.74, 6) is 0.703. The van der Waals surface area contributed by atoms with Gasteiger partial charge in [0.2, 0.25) is 0 Å². The average Bonchev–Trinajstić information content (AvgIpc) is 2.91. The van der Waals surface area contributed by atoms with E-state index in [0.29, 0.717) is 29.1 Å². The van der Waals surface area contributed by atoms with E-state index in [1.54, 1.807) is 12.1 Å². The highest BCUT2D eigenvalue weighted by molar-refractivity contribution is 7.91. The standard InChI is InChI=1S/C18H23N3O3S/c1-12-13(2)21-17-10-15(5-6-16(17)20-12)18(22)19-8-3-4-14-7-9-25(23,24)11-14/h5-6,10,14H,3-4,7-9,11H2,1-2H3,(H,19,22). The zero-order chi connectivity index (χ0) is 18.0. The molecule has 3 rings (SSSR count). The molecule has 134 valence electrons. The number of fused-ring (bicyclic) bond motifs is 1. The molecule has 0 aliphatic carbocycles. The van der Waals surface area contributed by atoms with Crippen LogP contribution in [-0.2, 0) is 9.84 Å². The van der Waals surface area contributed by atoms with E-state index in [0.717, 1.165) is 36.2 Å². The van der Waals surface area contributed by atoms with Crippen molar-refractivity contribution in [2.24, 2.45) is 5.92 Å². The Balaban J connectivity index is 1.54. The van der Waals surface area contributed by atoms with Crippen LogP contribution in [0.25, 0.3) is 11.0 Å². The van der Waals surface area contributed by atoms with Crippen molar-refractivity contribution in [2.75, 3.05) is 18.1 Å². The molecule has 6 nitrogen and oxygen atoms in total. The van der Waals surface area contributed by atoms with E-state index in [1.807, 2.05) is 19.9 Å². The molecule has 2 heterocycles. The van der Waals surface area contributed by atoms with Crippen LogP contribution in [-0.4, -0.2) is 42.3 Å². The van der Waals surface area contributed by atoms with Crippen molar-refractivity contribution in [2.45, 2.75) is 33.1 Å². The predicted molar refractivity (Wildman–Crippen MR) is 97.3 cm³/mol. The van der Waals surface area contributed by atoms with Gasteiger partial charge in [0.1, 0.15) is 0 Å². The number of benzene rings is 1. The third kappa shape index (κ3) is 4.34. The fraction of sp³-hybridized carbons (Fsp3) is 0.500. The number of carbonyl (C=O) groups is 1. The van der Waals surface area contributed by atoms with Gasteiger partial charge in [-0.05, 0) is 57.2 Å². The van der Waals surface area contributed by atoms with Gasteiger partial charge in [0.25, 0.3) is 5.91 Å². The molecule has 1 atom stereocenters. The van der Waals surface area contributed by atoms with E-state index in [2.05, 4.69) is 15.3 Å². The fourth-order valence-corrected chi connectivity index (χ4v) is 5.08. The van der Waals surface area contributed by atoms with Crippen molar-refractivity contribution in [3.8, 4) is 0 Å². The molecule has 1 unspecified atom stereocenters. The first-order valence-electron chi connectivity index (χ1n) is 8.58. The van der Waals surface area contributed by atoms with Gasteiger partial charge in [0.05, 0.1) is 33.9 Å². The molecule has 1 N–H and O–H groups in total. The summed E-state index contributed by atoms with van der Waals surface area (Å²) in [7, 11) is -2.82. The molecule has 1 fully saturated rings. The Morgan fingerprint density at radius 2 is 1.92 bits per heavy atom. The molecular weight excluding hydrogens is 338 g/mol. The number of hydrogen-bond acceptors (Lipinski definition) is 5. The molecule has 0 bridgehead atoms. The van der Waals surface area contributed by atoms with Crippen LogP contribution in [0.3, 0.4) is 0 Å². The number of aromatic nitrogens is 2. The van der Waals surface area contributed by atoms with E-state index in [1.165, 1.54) is 0 Å². The van der Waals surface area contributed by atoms with Gasteiger partial charge < -0.3 is 5.32 Å². The largest absolute Gasteiger partial charge is 0.352 e. The van der Waals surface area contributed by atoms with E-state index in [9.17, 15) is 13.2 Å². The van der Waals surface area contributed by atoms with E-state index in [4.69, 9.17) is 0 Å². The second-order valence-corrected chi connectivity index (χ2v) is 8.99. The number of rotatable bonds is 5. The lowest BCUT2D eigenvalue weighted by Crippen LogP contribution is -2.25. The summed E-state index contributed by atoms with van der Waals surface area (Å²) in [4.78, 5) is 21.2. The van der Waals surface area contributed by atoms with Gasteiger partial charge in [-0.15, -0.1) is 0 Å². The Bertz CT molecular complexity index is 909. The number of hydrogen-bond donors (Lipinski definition) is 1. The molecule has 25 heavy (non-hydrogen) atoms. The Labute approximate surface area is 148 Å². The molecule has 1 aliphatic rings. The number of carbonyl (C=O) groups excluding carboxylic acids is 1. The Morgan fingerprint density at radius 3 is 2.60 bits per heavy atom. The lowest BCUT2D eigenvalue weighted by molar-refractivity contribution is 0.0952. The topological polar surface area (TPSA) is 89.0 Å². The third-order valence-electron chi connectivity index (χ3n) is 4.74. The van der Waals surface area contributed by atoms with E-state index >= 15 is 0 Å². The van der Waals surface area contributed by atoms with Gasteiger partial charge in [-0.1, -0.05) is 0 Å². The van der Waals surface area contributed by atoms with Crippen LogP contribution in [0, 0.1) is 19.8 Å². The van der Waals surface area contributed by atoms with Crippen LogP contribution in [0.1, 0.15) is 41.0 Å². The zero-order valence-corrected chi connectivity index (χ0v) is 15.4. The highest BCUT2D eigenvalue weighted by atomic mass is 32.2. The van der Waals surface area contributed by atoms with Gasteiger partial charge in [-0.25, -0.2) is 18.4 Å². The molecule has 0 saturated carbocycles. The molecular formula is C18H23N3O3S. The van der Waals surface area contributed by atoms with E-state index < -0.39 is 9.84 Å². The first-order valence-corrected chi connectivity index (χ1v) is 10.4. The second kappa shape index (κ2) is 7.07. The van der Waals surface area contributed by atoms with E-state index in [-0.39, 0.29) is 11.8 Å². The molecule has 7 heteroatoms. The lowest BCUT2D eigenvalue weighted by atomic mass is 10.0. The maximum atomic E-state index is 12.3. The second-order valence-electron chi connectivity index (χ2n) is 6.77. The van der Waals surface area contributed by atoms with Crippen molar-refractivity contribution < 1.29 is 13.2 Å². The number of sulfone groups is 1. The van der Waals surface area contributed by atoms with Gasteiger partial charge in [-0.2, -0.15) is 0 Å². The number of nitrogens with one attached hydrogen (secondary N) is 1. The lowest BCUT2D eigenvalue weighted by Gasteiger charge is -2.09. The van der Waals surface area contributed by atoms with Crippen molar-refractivity contribution in [1.29, 1.82) is 0 Å². The minimum atomic E-state index is -2.82. The predicted octanol–water partition coefficient (Wildman–Crippen LogP) is 2.19. The Hall–Kier alpha value is -2.02. The first kappa shape index (κ1) is 17.8. The zero-order valence-electron chi connectivity index (χ0n) is 14.6. The van der Waals surface area contributed by atoms with Crippen molar-refractivity contribution in [1.82, 2.24) is 15.3 Å². The monoisotopic (exact) mass is 361 g/mol. The summed E-state index contributed by atoms with van der Waals surface area (Å²) < 4.78 is 22.9. The van der Waals surface area contributed by atoms with Gasteiger partial charge in [0, 0.05) is 12.1 Å². The molecule has 2 aromatic rings. The molecule has 0 radical (unpaired) electrons. The molecule has 1 aliphatic heterocycles. The molecule has 1 amide bonds. The van der Waals surface area contributed by atoms with Crippen molar-refractivity contribution >= 4 is 26.8 Å². The summed E-state index contributed by atoms with van der Waals surface area (Å²) in [5.41, 5.74) is 3.80. The third-order valence-corrected chi connectivity index (χ3v) is 6.58. The maximum Gasteiger partial charge on any atom is 0.251 e. The van der Waals surface area contributed by atoms with Gasteiger partial charge >= 0.3 is 0 Å². The van der Waals surface area contributed by atoms with Crippen molar-refractivity contribution in [3.63, 3.8) is 0 Å². The minimum Gasteiger partial charge on any atom is -0.352 e.